The lowest BCUT2D eigenvalue weighted by molar-refractivity contribution is -0.118. The van der Waals surface area contributed by atoms with Gasteiger partial charge in [-0.25, -0.2) is 4.79 Å². The summed E-state index contributed by atoms with van der Waals surface area (Å²) in [5.41, 5.74) is 4.72. The molecule has 1 N–H and O–H groups in total. The number of carbonyl (C=O) groups is 2. The SMILES string of the molecule is Cc1ccc(N2CCCN(Cc3ccc(C(C)C)cc3)C2=O)c(NC(=O)COc2ccccc2)c1. The fraction of sp³-hybridized carbons (Fsp3) is 0.310. The molecule has 0 radical (unpaired) electrons. The topological polar surface area (TPSA) is 61.9 Å². The van der Waals surface area contributed by atoms with E-state index in [1.807, 2.05) is 60.4 Å². The van der Waals surface area contributed by atoms with Crippen molar-refractivity contribution in [3.05, 3.63) is 89.5 Å². The molecule has 0 aromatic heterocycles. The first-order valence-corrected chi connectivity index (χ1v) is 12.1. The third-order valence-corrected chi connectivity index (χ3v) is 6.16. The average molecular weight is 472 g/mol. The number of anilines is 2. The molecule has 1 fully saturated rings. The van der Waals surface area contributed by atoms with Gasteiger partial charge in [0.1, 0.15) is 5.75 Å². The minimum Gasteiger partial charge on any atom is -0.484 e. The van der Waals surface area contributed by atoms with Gasteiger partial charge in [-0.1, -0.05) is 62.4 Å². The van der Waals surface area contributed by atoms with E-state index < -0.39 is 0 Å². The van der Waals surface area contributed by atoms with Crippen LogP contribution < -0.4 is 15.0 Å². The predicted octanol–water partition coefficient (Wildman–Crippen LogP) is 5.97. The highest BCUT2D eigenvalue weighted by molar-refractivity contribution is 6.01. The van der Waals surface area contributed by atoms with Crippen LogP contribution in [0.2, 0.25) is 0 Å². The summed E-state index contributed by atoms with van der Waals surface area (Å²) in [6.07, 6.45) is 0.855. The van der Waals surface area contributed by atoms with E-state index in [4.69, 9.17) is 4.74 Å². The van der Waals surface area contributed by atoms with Gasteiger partial charge in [0.2, 0.25) is 0 Å². The molecule has 0 spiro atoms. The summed E-state index contributed by atoms with van der Waals surface area (Å²) in [5, 5.41) is 2.94. The summed E-state index contributed by atoms with van der Waals surface area (Å²) in [6, 6.07) is 23.4. The molecular formula is C29H33N3O3. The van der Waals surface area contributed by atoms with Crippen molar-refractivity contribution in [2.75, 3.05) is 29.9 Å². The number of rotatable bonds is 8. The Morgan fingerprint density at radius 2 is 1.74 bits per heavy atom. The zero-order chi connectivity index (χ0) is 24.8. The molecule has 0 saturated carbocycles. The van der Waals surface area contributed by atoms with Crippen molar-refractivity contribution in [3.63, 3.8) is 0 Å². The van der Waals surface area contributed by atoms with E-state index in [0.717, 1.165) is 17.5 Å². The highest BCUT2D eigenvalue weighted by Crippen LogP contribution is 2.30. The van der Waals surface area contributed by atoms with Gasteiger partial charge in [-0.3, -0.25) is 9.69 Å². The van der Waals surface area contributed by atoms with Gasteiger partial charge >= 0.3 is 6.03 Å². The quantitative estimate of drug-likeness (QED) is 0.440. The van der Waals surface area contributed by atoms with Gasteiger partial charge in [0, 0.05) is 19.6 Å². The highest BCUT2D eigenvalue weighted by atomic mass is 16.5. The first-order chi connectivity index (χ1) is 16.9. The Bertz CT molecular complexity index is 1160. The Balaban J connectivity index is 1.46. The summed E-state index contributed by atoms with van der Waals surface area (Å²) in [4.78, 5) is 29.7. The Hall–Kier alpha value is -3.80. The van der Waals surface area contributed by atoms with Crippen LogP contribution in [0.4, 0.5) is 16.2 Å². The van der Waals surface area contributed by atoms with Gasteiger partial charge < -0.3 is 15.0 Å². The lowest BCUT2D eigenvalue weighted by Crippen LogP contribution is -2.49. The molecule has 182 valence electrons. The van der Waals surface area contributed by atoms with Crippen molar-refractivity contribution >= 4 is 23.3 Å². The Labute approximate surface area is 207 Å². The van der Waals surface area contributed by atoms with Crippen molar-refractivity contribution < 1.29 is 14.3 Å². The van der Waals surface area contributed by atoms with Crippen LogP contribution in [0.25, 0.3) is 0 Å². The van der Waals surface area contributed by atoms with Crippen LogP contribution in [0, 0.1) is 6.92 Å². The Morgan fingerprint density at radius 1 is 1.00 bits per heavy atom. The highest BCUT2D eigenvalue weighted by Gasteiger charge is 2.28. The second-order valence-corrected chi connectivity index (χ2v) is 9.28. The van der Waals surface area contributed by atoms with Gasteiger partial charge in [0.05, 0.1) is 11.4 Å². The average Bonchev–Trinajstić information content (AvgIpc) is 2.85. The van der Waals surface area contributed by atoms with Gasteiger partial charge in [0.15, 0.2) is 6.61 Å². The Morgan fingerprint density at radius 3 is 2.46 bits per heavy atom. The second kappa shape index (κ2) is 11.1. The molecule has 1 heterocycles. The lowest BCUT2D eigenvalue weighted by atomic mass is 10.0. The molecule has 3 amide bonds. The molecular weight excluding hydrogens is 438 g/mol. The number of hydrogen-bond donors (Lipinski definition) is 1. The van der Waals surface area contributed by atoms with Crippen LogP contribution in [0.1, 0.15) is 42.9 Å². The Kier molecular flexibility index (Phi) is 7.70. The number of benzene rings is 3. The van der Waals surface area contributed by atoms with Crippen molar-refractivity contribution in [2.24, 2.45) is 0 Å². The minimum absolute atomic E-state index is 0.0518. The molecule has 0 unspecified atom stereocenters. The first-order valence-electron chi connectivity index (χ1n) is 12.1. The summed E-state index contributed by atoms with van der Waals surface area (Å²) in [5.74, 6) is 0.840. The van der Waals surface area contributed by atoms with E-state index in [1.54, 1.807) is 4.90 Å². The number of para-hydroxylation sites is 1. The van der Waals surface area contributed by atoms with Gasteiger partial charge in [0.25, 0.3) is 5.91 Å². The van der Waals surface area contributed by atoms with Gasteiger partial charge in [-0.15, -0.1) is 0 Å². The molecule has 1 saturated heterocycles. The van der Waals surface area contributed by atoms with Crippen molar-refractivity contribution in [2.45, 2.75) is 39.7 Å². The third-order valence-electron chi connectivity index (χ3n) is 6.16. The van der Waals surface area contributed by atoms with Gasteiger partial charge in [-0.2, -0.15) is 0 Å². The number of carbonyl (C=O) groups excluding carboxylic acids is 2. The van der Waals surface area contributed by atoms with E-state index in [9.17, 15) is 9.59 Å². The third kappa shape index (κ3) is 6.21. The van der Waals surface area contributed by atoms with Crippen molar-refractivity contribution in [1.82, 2.24) is 4.90 Å². The first kappa shape index (κ1) is 24.3. The number of nitrogens with zero attached hydrogens (tertiary/aromatic N) is 2. The number of urea groups is 1. The molecule has 0 atom stereocenters. The fourth-order valence-corrected chi connectivity index (χ4v) is 4.22. The molecule has 3 aromatic carbocycles. The maximum atomic E-state index is 13.5. The molecule has 3 aromatic rings. The summed E-state index contributed by atoms with van der Waals surface area (Å²) < 4.78 is 5.58. The van der Waals surface area contributed by atoms with Crippen molar-refractivity contribution in [1.29, 1.82) is 0 Å². The summed E-state index contributed by atoms with van der Waals surface area (Å²) in [7, 11) is 0. The fourth-order valence-electron chi connectivity index (χ4n) is 4.22. The molecule has 6 nitrogen and oxygen atoms in total. The standard InChI is InChI=1S/C29H33N3O3/c1-21(2)24-13-11-23(12-14-24)19-31-16-7-17-32(29(31)34)27-15-10-22(3)18-26(27)30-28(33)20-35-25-8-5-4-6-9-25/h4-6,8-15,18,21H,7,16-17,19-20H2,1-3H3,(H,30,33). The smallest absolute Gasteiger partial charge is 0.324 e. The molecule has 4 rings (SSSR count). The largest absolute Gasteiger partial charge is 0.484 e. The zero-order valence-electron chi connectivity index (χ0n) is 20.7. The van der Waals surface area contributed by atoms with Crippen LogP contribution in [0.15, 0.2) is 72.8 Å². The van der Waals surface area contributed by atoms with Crippen LogP contribution in [0.3, 0.4) is 0 Å². The lowest BCUT2D eigenvalue weighted by Gasteiger charge is -2.36. The molecule has 1 aliphatic heterocycles. The van der Waals surface area contributed by atoms with Crippen molar-refractivity contribution in [3.8, 4) is 5.75 Å². The monoisotopic (exact) mass is 471 g/mol. The van der Waals surface area contributed by atoms with Gasteiger partial charge in [-0.05, 0) is 60.2 Å². The molecule has 0 bridgehead atoms. The number of nitrogens with one attached hydrogen (secondary N) is 1. The number of amides is 3. The number of hydrogen-bond acceptors (Lipinski definition) is 3. The number of aryl methyl sites for hydroxylation is 1. The molecule has 0 aliphatic carbocycles. The second-order valence-electron chi connectivity index (χ2n) is 9.28. The zero-order valence-corrected chi connectivity index (χ0v) is 20.7. The van der Waals surface area contributed by atoms with E-state index in [1.165, 1.54) is 5.56 Å². The summed E-state index contributed by atoms with van der Waals surface area (Å²) in [6.45, 7) is 8.08. The van der Waals surface area contributed by atoms with E-state index in [2.05, 4.69) is 43.4 Å². The molecule has 1 aliphatic rings. The van der Waals surface area contributed by atoms with Crippen LogP contribution >= 0.6 is 0 Å². The minimum atomic E-state index is -0.271. The molecule has 6 heteroatoms. The van der Waals surface area contributed by atoms with Crippen LogP contribution in [-0.2, 0) is 11.3 Å². The maximum absolute atomic E-state index is 13.5. The number of ether oxygens (including phenoxy) is 1. The van der Waals surface area contributed by atoms with E-state index >= 15 is 0 Å². The molecule has 35 heavy (non-hydrogen) atoms. The van der Waals surface area contributed by atoms with Crippen LogP contribution in [-0.4, -0.2) is 36.5 Å². The van der Waals surface area contributed by atoms with Crippen LogP contribution in [0.5, 0.6) is 5.75 Å². The predicted molar refractivity (Wildman–Crippen MR) is 140 cm³/mol. The maximum Gasteiger partial charge on any atom is 0.324 e. The summed E-state index contributed by atoms with van der Waals surface area (Å²) >= 11 is 0. The normalized spacial score (nSPS) is 13.8. The van der Waals surface area contributed by atoms with E-state index in [0.29, 0.717) is 42.7 Å². The van der Waals surface area contributed by atoms with E-state index in [-0.39, 0.29) is 18.5 Å².